The molecule has 0 bridgehead atoms. The molecule has 3 saturated heterocycles. The second-order valence-electron chi connectivity index (χ2n) is 7.01. The average Bonchev–Trinajstić information content (AvgIpc) is 2.90. The molecule has 23 heavy (non-hydrogen) atoms. The number of aliphatic hydroxyl groups excluding tert-OH is 1. The van der Waals surface area contributed by atoms with Crippen molar-refractivity contribution in [3.05, 3.63) is 0 Å². The summed E-state index contributed by atoms with van der Waals surface area (Å²) < 4.78 is 34.0. The van der Waals surface area contributed by atoms with Crippen molar-refractivity contribution < 1.29 is 38.3 Å². The van der Waals surface area contributed by atoms with E-state index in [0.717, 1.165) is 0 Å². The monoisotopic (exact) mass is 332 g/mol. The van der Waals surface area contributed by atoms with Crippen LogP contribution in [0.3, 0.4) is 0 Å². The first-order chi connectivity index (χ1) is 10.6. The summed E-state index contributed by atoms with van der Waals surface area (Å²) in [7, 11) is 1.26. The molecule has 8 nitrogen and oxygen atoms in total. The highest BCUT2D eigenvalue weighted by Gasteiger charge is 2.68. The third-order valence-electron chi connectivity index (χ3n) is 4.26. The van der Waals surface area contributed by atoms with Crippen LogP contribution < -0.4 is 0 Å². The van der Waals surface area contributed by atoms with Crippen LogP contribution in [-0.2, 0) is 33.2 Å². The van der Waals surface area contributed by atoms with Crippen molar-refractivity contribution in [2.45, 2.75) is 75.9 Å². The minimum Gasteiger partial charge on any atom is -0.469 e. The van der Waals surface area contributed by atoms with E-state index in [0.29, 0.717) is 0 Å². The van der Waals surface area contributed by atoms with Gasteiger partial charge < -0.3 is 33.5 Å². The Morgan fingerprint density at radius 3 is 2.57 bits per heavy atom. The smallest absolute Gasteiger partial charge is 0.308 e. The molecule has 8 heteroatoms. The van der Waals surface area contributed by atoms with Gasteiger partial charge in [-0.15, -0.1) is 0 Å². The number of fused-ring (bicyclic) bond motifs is 3. The molecule has 0 amide bonds. The Morgan fingerprint density at radius 1 is 1.22 bits per heavy atom. The van der Waals surface area contributed by atoms with Crippen LogP contribution in [0.5, 0.6) is 0 Å². The van der Waals surface area contributed by atoms with E-state index < -0.39 is 41.6 Å². The number of hydrogen-bond acceptors (Lipinski definition) is 8. The number of aliphatic hydroxyl groups is 1. The SMILES string of the molecule is COC(=O)C[C@H](O)[C@@]12OC[C@H]3OC(C)(C)O[C@H]3[C@@H]1OC(C)(C)O2. The molecular formula is C15H24O8. The van der Waals surface area contributed by atoms with Crippen LogP contribution in [0.2, 0.25) is 0 Å². The molecule has 0 aromatic rings. The van der Waals surface area contributed by atoms with Gasteiger partial charge in [-0.1, -0.05) is 0 Å². The van der Waals surface area contributed by atoms with Gasteiger partial charge >= 0.3 is 5.97 Å². The first-order valence-corrected chi connectivity index (χ1v) is 7.71. The summed E-state index contributed by atoms with van der Waals surface area (Å²) in [5.41, 5.74) is 0. The lowest BCUT2D eigenvalue weighted by atomic mass is 9.91. The van der Waals surface area contributed by atoms with Crippen molar-refractivity contribution in [2.24, 2.45) is 0 Å². The molecule has 3 heterocycles. The molecule has 3 aliphatic rings. The van der Waals surface area contributed by atoms with Gasteiger partial charge in [-0.3, -0.25) is 4.79 Å². The van der Waals surface area contributed by atoms with Crippen LogP contribution in [0.15, 0.2) is 0 Å². The summed E-state index contributed by atoms with van der Waals surface area (Å²) in [5, 5.41) is 10.6. The first-order valence-electron chi connectivity index (χ1n) is 7.71. The summed E-state index contributed by atoms with van der Waals surface area (Å²) >= 11 is 0. The lowest BCUT2D eigenvalue weighted by molar-refractivity contribution is -0.318. The molecule has 0 radical (unpaired) electrons. The largest absolute Gasteiger partial charge is 0.469 e. The Labute approximate surface area is 134 Å². The number of ether oxygens (including phenoxy) is 6. The summed E-state index contributed by atoms with van der Waals surface area (Å²) in [5.74, 6) is -3.83. The molecule has 1 N–H and O–H groups in total. The molecule has 0 aromatic carbocycles. The average molecular weight is 332 g/mol. The van der Waals surface area contributed by atoms with E-state index in [4.69, 9.17) is 23.7 Å². The molecule has 132 valence electrons. The fourth-order valence-corrected chi connectivity index (χ4v) is 3.46. The van der Waals surface area contributed by atoms with Gasteiger partial charge in [-0.25, -0.2) is 0 Å². The van der Waals surface area contributed by atoms with Gasteiger partial charge in [0, 0.05) is 0 Å². The molecule has 0 saturated carbocycles. The van der Waals surface area contributed by atoms with Gasteiger partial charge in [-0.05, 0) is 27.7 Å². The maximum Gasteiger partial charge on any atom is 0.308 e. The summed E-state index contributed by atoms with van der Waals surface area (Å²) in [6.07, 6.45) is -3.04. The van der Waals surface area contributed by atoms with Crippen LogP contribution in [0.1, 0.15) is 34.1 Å². The van der Waals surface area contributed by atoms with Crippen molar-refractivity contribution in [1.82, 2.24) is 0 Å². The molecule has 3 fully saturated rings. The van der Waals surface area contributed by atoms with Crippen LogP contribution in [-0.4, -0.2) is 66.6 Å². The van der Waals surface area contributed by atoms with Gasteiger partial charge in [0.2, 0.25) is 5.79 Å². The second-order valence-corrected chi connectivity index (χ2v) is 7.01. The molecule has 5 atom stereocenters. The van der Waals surface area contributed by atoms with E-state index in [1.54, 1.807) is 27.7 Å². The Bertz CT molecular complexity index is 490. The van der Waals surface area contributed by atoms with E-state index in [1.807, 2.05) is 0 Å². The van der Waals surface area contributed by atoms with Crippen LogP contribution >= 0.6 is 0 Å². The Balaban J connectivity index is 1.89. The fraction of sp³-hybridized carbons (Fsp3) is 0.933. The summed E-state index contributed by atoms with van der Waals surface area (Å²) in [6, 6.07) is 0. The maximum absolute atomic E-state index is 11.6. The summed E-state index contributed by atoms with van der Waals surface area (Å²) in [6.45, 7) is 7.22. The second kappa shape index (κ2) is 5.37. The van der Waals surface area contributed by atoms with Crippen LogP contribution in [0, 0.1) is 0 Å². The normalized spacial score (nSPS) is 41.9. The van der Waals surface area contributed by atoms with Crippen molar-refractivity contribution >= 4 is 5.97 Å². The Hall–Kier alpha value is -0.770. The highest BCUT2D eigenvalue weighted by Crippen LogP contribution is 2.49. The van der Waals surface area contributed by atoms with Gasteiger partial charge in [0.05, 0.1) is 20.1 Å². The Kier molecular flexibility index (Phi) is 3.98. The molecular weight excluding hydrogens is 308 g/mol. The van der Waals surface area contributed by atoms with Crippen molar-refractivity contribution in [3.8, 4) is 0 Å². The number of hydrogen-bond donors (Lipinski definition) is 1. The minimum atomic E-state index is -1.50. The third kappa shape index (κ3) is 2.88. The van der Waals surface area contributed by atoms with Gasteiger partial charge in [0.1, 0.15) is 24.4 Å². The molecule has 3 rings (SSSR count). The molecule has 0 spiro atoms. The summed E-state index contributed by atoms with van der Waals surface area (Å²) in [4.78, 5) is 11.6. The molecule has 3 aliphatic heterocycles. The predicted molar refractivity (Wildman–Crippen MR) is 75.2 cm³/mol. The zero-order chi connectivity index (χ0) is 17.0. The number of methoxy groups -OCH3 is 1. The lowest BCUT2D eigenvalue weighted by Crippen LogP contribution is -2.64. The van der Waals surface area contributed by atoms with Gasteiger partial charge in [0.25, 0.3) is 0 Å². The minimum absolute atomic E-state index is 0.169. The van der Waals surface area contributed by atoms with E-state index in [2.05, 4.69) is 4.74 Å². The number of rotatable bonds is 3. The maximum atomic E-state index is 11.6. The topological polar surface area (TPSA) is 92.7 Å². The van der Waals surface area contributed by atoms with E-state index in [1.165, 1.54) is 7.11 Å². The molecule has 0 aromatic heterocycles. The fourth-order valence-electron chi connectivity index (χ4n) is 3.46. The van der Waals surface area contributed by atoms with Crippen molar-refractivity contribution in [1.29, 1.82) is 0 Å². The van der Waals surface area contributed by atoms with Crippen molar-refractivity contribution in [3.63, 3.8) is 0 Å². The number of carbonyl (C=O) groups excluding carboxylic acids is 1. The van der Waals surface area contributed by atoms with Crippen molar-refractivity contribution in [2.75, 3.05) is 13.7 Å². The lowest BCUT2D eigenvalue weighted by Gasteiger charge is -2.43. The highest BCUT2D eigenvalue weighted by atomic mass is 16.9. The van der Waals surface area contributed by atoms with Crippen LogP contribution in [0.25, 0.3) is 0 Å². The number of esters is 1. The molecule has 0 aliphatic carbocycles. The van der Waals surface area contributed by atoms with Gasteiger partial charge in [-0.2, -0.15) is 0 Å². The Morgan fingerprint density at radius 2 is 1.91 bits per heavy atom. The predicted octanol–water partition coefficient (Wildman–Crippen LogP) is 0.308. The third-order valence-corrected chi connectivity index (χ3v) is 4.26. The zero-order valence-corrected chi connectivity index (χ0v) is 14.0. The highest BCUT2D eigenvalue weighted by molar-refractivity contribution is 5.69. The van der Waals surface area contributed by atoms with E-state index in [9.17, 15) is 9.90 Å². The zero-order valence-electron chi connectivity index (χ0n) is 14.0. The van der Waals surface area contributed by atoms with E-state index >= 15 is 0 Å². The van der Waals surface area contributed by atoms with Crippen LogP contribution in [0.4, 0.5) is 0 Å². The quantitative estimate of drug-likeness (QED) is 0.738. The van der Waals surface area contributed by atoms with Gasteiger partial charge in [0.15, 0.2) is 11.6 Å². The van der Waals surface area contributed by atoms with E-state index in [-0.39, 0.29) is 19.1 Å². The first kappa shape index (κ1) is 17.1. The number of carbonyl (C=O) groups is 1. The molecule has 0 unspecified atom stereocenters. The standard InChI is InChI=1S/C15H24O8/c1-13(2)20-8-7-19-15(9(16)6-10(17)18-5)12(11(8)21-13)22-14(3,4)23-15/h8-9,11-12,16H,6-7H2,1-5H3/t8-,9+,11-,12+,15+/m1/s1.